The molecular formula is C11H15N3O. The Morgan fingerprint density at radius 1 is 1.73 bits per heavy atom. The molecule has 1 heterocycles. The molecule has 0 saturated carbocycles. The van der Waals surface area contributed by atoms with Crippen molar-refractivity contribution in [3.05, 3.63) is 17.3 Å². The van der Waals surface area contributed by atoms with Crippen LogP contribution in [0.3, 0.4) is 0 Å². The number of aromatic nitrogens is 1. The number of carbonyl (C=O) groups excluding carboxylic acids is 1. The number of hydrogen-bond donors (Lipinski definition) is 2. The van der Waals surface area contributed by atoms with Crippen LogP contribution >= 0.6 is 0 Å². The average molecular weight is 205 g/mol. The van der Waals surface area contributed by atoms with Gasteiger partial charge in [-0.3, -0.25) is 4.79 Å². The van der Waals surface area contributed by atoms with Crippen molar-refractivity contribution in [3.63, 3.8) is 0 Å². The van der Waals surface area contributed by atoms with Gasteiger partial charge >= 0.3 is 0 Å². The third kappa shape index (κ3) is 2.38. The summed E-state index contributed by atoms with van der Waals surface area (Å²) in [7, 11) is 0. The number of hydrogen-bond acceptors (Lipinski definition) is 2. The second-order valence-corrected chi connectivity index (χ2v) is 3.63. The zero-order chi connectivity index (χ0) is 11.4. The third-order valence-electron chi connectivity index (χ3n) is 2.50. The lowest BCUT2D eigenvalue weighted by Gasteiger charge is -2.08. The van der Waals surface area contributed by atoms with Gasteiger partial charge in [0, 0.05) is 12.1 Å². The van der Waals surface area contributed by atoms with Gasteiger partial charge in [0.15, 0.2) is 0 Å². The molecule has 0 bridgehead atoms. The van der Waals surface area contributed by atoms with E-state index in [1.807, 2.05) is 20.8 Å². The van der Waals surface area contributed by atoms with Crippen LogP contribution in [0, 0.1) is 24.2 Å². The van der Waals surface area contributed by atoms with E-state index >= 15 is 0 Å². The van der Waals surface area contributed by atoms with Crippen molar-refractivity contribution in [2.75, 3.05) is 5.32 Å². The maximum absolute atomic E-state index is 11.6. The maximum Gasteiger partial charge on any atom is 0.228 e. The van der Waals surface area contributed by atoms with Crippen LogP contribution in [-0.2, 0) is 4.79 Å². The summed E-state index contributed by atoms with van der Waals surface area (Å²) >= 11 is 0. The third-order valence-corrected chi connectivity index (χ3v) is 2.50. The summed E-state index contributed by atoms with van der Waals surface area (Å²) in [6.07, 6.45) is 2.50. The summed E-state index contributed by atoms with van der Waals surface area (Å²) in [6.45, 7) is 5.64. The number of rotatable bonds is 3. The van der Waals surface area contributed by atoms with E-state index in [1.54, 1.807) is 6.20 Å². The van der Waals surface area contributed by atoms with E-state index in [1.165, 1.54) is 0 Å². The molecule has 4 heteroatoms. The molecule has 2 N–H and O–H groups in total. The van der Waals surface area contributed by atoms with Crippen LogP contribution in [0.2, 0.25) is 0 Å². The molecule has 0 spiro atoms. The second-order valence-electron chi connectivity index (χ2n) is 3.63. The van der Waals surface area contributed by atoms with E-state index in [0.717, 1.165) is 12.0 Å². The molecule has 0 aliphatic carbocycles. The number of carbonyl (C=O) groups is 1. The predicted molar refractivity (Wildman–Crippen MR) is 58.3 cm³/mol. The molecular weight excluding hydrogens is 190 g/mol. The molecule has 1 aromatic heterocycles. The first-order valence-corrected chi connectivity index (χ1v) is 4.99. The molecule has 1 amide bonds. The topological polar surface area (TPSA) is 68.7 Å². The smallest absolute Gasteiger partial charge is 0.228 e. The predicted octanol–water partition coefficient (Wildman–Crippen LogP) is 2.18. The van der Waals surface area contributed by atoms with Crippen molar-refractivity contribution in [2.24, 2.45) is 5.92 Å². The first-order chi connectivity index (χ1) is 7.10. The highest BCUT2D eigenvalue weighted by Crippen LogP contribution is 2.17. The van der Waals surface area contributed by atoms with Gasteiger partial charge in [0.2, 0.25) is 5.91 Å². The van der Waals surface area contributed by atoms with Gasteiger partial charge in [-0.15, -0.1) is 0 Å². The van der Waals surface area contributed by atoms with Crippen LogP contribution in [0.25, 0.3) is 0 Å². The Bertz CT molecular complexity index is 400. The zero-order valence-electron chi connectivity index (χ0n) is 9.22. The van der Waals surface area contributed by atoms with Gasteiger partial charge in [-0.05, 0) is 18.9 Å². The minimum Gasteiger partial charge on any atom is -0.347 e. The summed E-state index contributed by atoms with van der Waals surface area (Å²) in [5.74, 6) is 0.399. The minimum absolute atomic E-state index is 0.0415. The summed E-state index contributed by atoms with van der Waals surface area (Å²) in [5.41, 5.74) is 1.35. The summed E-state index contributed by atoms with van der Waals surface area (Å²) in [4.78, 5) is 14.5. The van der Waals surface area contributed by atoms with Crippen molar-refractivity contribution in [1.82, 2.24) is 4.98 Å². The molecule has 0 aromatic carbocycles. The Morgan fingerprint density at radius 2 is 2.40 bits per heavy atom. The van der Waals surface area contributed by atoms with Gasteiger partial charge in [0.05, 0.1) is 5.56 Å². The van der Waals surface area contributed by atoms with E-state index in [9.17, 15) is 4.79 Å². The maximum atomic E-state index is 11.6. The molecule has 0 aliphatic rings. The van der Waals surface area contributed by atoms with Crippen LogP contribution in [0.4, 0.5) is 5.82 Å². The summed E-state index contributed by atoms with van der Waals surface area (Å²) in [6, 6.07) is 2.06. The van der Waals surface area contributed by atoms with E-state index < -0.39 is 0 Å². The number of H-pyrrole nitrogens is 1. The molecule has 0 radical (unpaired) electrons. The first kappa shape index (κ1) is 11.3. The highest BCUT2D eigenvalue weighted by atomic mass is 16.1. The van der Waals surface area contributed by atoms with Gasteiger partial charge in [0.25, 0.3) is 0 Å². The van der Waals surface area contributed by atoms with E-state index in [2.05, 4.69) is 16.4 Å². The lowest BCUT2D eigenvalue weighted by atomic mass is 10.1. The number of aromatic amines is 1. The molecule has 1 unspecified atom stereocenters. The lowest BCUT2D eigenvalue weighted by molar-refractivity contribution is -0.119. The van der Waals surface area contributed by atoms with Crippen LogP contribution in [0.5, 0.6) is 0 Å². The van der Waals surface area contributed by atoms with Gasteiger partial charge < -0.3 is 10.3 Å². The largest absolute Gasteiger partial charge is 0.347 e. The Hall–Kier alpha value is -1.76. The zero-order valence-corrected chi connectivity index (χ0v) is 9.22. The molecule has 1 atom stereocenters. The standard InChI is InChI=1S/C11H15N3O/c1-4-7(2)11(15)14-10-9(5-12)8(3)6-13-10/h6-7,13H,4H2,1-3H3,(H,14,15). The lowest BCUT2D eigenvalue weighted by Crippen LogP contribution is -2.20. The van der Waals surface area contributed by atoms with E-state index in [-0.39, 0.29) is 11.8 Å². The van der Waals surface area contributed by atoms with Crippen LogP contribution in [0.1, 0.15) is 31.4 Å². The highest BCUT2D eigenvalue weighted by Gasteiger charge is 2.14. The number of nitrogens with zero attached hydrogens (tertiary/aromatic N) is 1. The molecule has 0 saturated heterocycles. The van der Waals surface area contributed by atoms with Crippen LogP contribution < -0.4 is 5.32 Å². The Labute approximate surface area is 89.3 Å². The van der Waals surface area contributed by atoms with Crippen molar-refractivity contribution >= 4 is 11.7 Å². The van der Waals surface area contributed by atoms with Crippen molar-refractivity contribution in [2.45, 2.75) is 27.2 Å². The Kier molecular flexibility index (Phi) is 3.51. The fourth-order valence-corrected chi connectivity index (χ4v) is 1.20. The Balaban J connectivity index is 2.82. The Morgan fingerprint density at radius 3 is 2.93 bits per heavy atom. The van der Waals surface area contributed by atoms with Gasteiger partial charge in [0.1, 0.15) is 11.9 Å². The molecule has 0 aliphatic heterocycles. The average Bonchev–Trinajstić information content (AvgIpc) is 2.57. The molecule has 15 heavy (non-hydrogen) atoms. The molecule has 4 nitrogen and oxygen atoms in total. The normalized spacial score (nSPS) is 11.9. The van der Waals surface area contributed by atoms with Crippen LogP contribution in [0.15, 0.2) is 6.20 Å². The number of anilines is 1. The second kappa shape index (κ2) is 4.65. The van der Waals surface area contributed by atoms with Crippen LogP contribution in [-0.4, -0.2) is 10.9 Å². The number of nitriles is 1. The quantitative estimate of drug-likeness (QED) is 0.794. The number of nitrogens with one attached hydrogen (secondary N) is 2. The monoisotopic (exact) mass is 205 g/mol. The SMILES string of the molecule is CCC(C)C(=O)Nc1[nH]cc(C)c1C#N. The molecule has 1 rings (SSSR count). The van der Waals surface area contributed by atoms with Gasteiger partial charge in [-0.1, -0.05) is 13.8 Å². The van der Waals surface area contributed by atoms with Crippen molar-refractivity contribution in [3.8, 4) is 6.07 Å². The molecule has 80 valence electrons. The fourth-order valence-electron chi connectivity index (χ4n) is 1.20. The van der Waals surface area contributed by atoms with E-state index in [4.69, 9.17) is 5.26 Å². The van der Waals surface area contributed by atoms with Gasteiger partial charge in [-0.2, -0.15) is 5.26 Å². The number of aryl methyl sites for hydroxylation is 1. The highest BCUT2D eigenvalue weighted by molar-refractivity contribution is 5.92. The summed E-state index contributed by atoms with van der Waals surface area (Å²) in [5, 5.41) is 11.6. The van der Waals surface area contributed by atoms with E-state index in [0.29, 0.717) is 11.4 Å². The molecule has 1 aromatic rings. The number of amides is 1. The minimum atomic E-state index is -0.0594. The van der Waals surface area contributed by atoms with Crippen molar-refractivity contribution < 1.29 is 4.79 Å². The summed E-state index contributed by atoms with van der Waals surface area (Å²) < 4.78 is 0. The first-order valence-electron chi connectivity index (χ1n) is 4.99. The molecule has 0 fully saturated rings. The van der Waals surface area contributed by atoms with Gasteiger partial charge in [-0.25, -0.2) is 0 Å². The fraction of sp³-hybridized carbons (Fsp3) is 0.455. The van der Waals surface area contributed by atoms with Crippen molar-refractivity contribution in [1.29, 1.82) is 5.26 Å².